The predicted molar refractivity (Wildman–Crippen MR) is 48.8 cm³/mol. The van der Waals surface area contributed by atoms with E-state index in [1.54, 1.807) is 0 Å². The summed E-state index contributed by atoms with van der Waals surface area (Å²) < 4.78 is 63.5. The van der Waals surface area contributed by atoms with Gasteiger partial charge in [-0.05, 0) is 24.4 Å². The predicted octanol–water partition coefficient (Wildman–Crippen LogP) is 2.87. The number of ketones is 1. The van der Waals surface area contributed by atoms with E-state index in [-0.39, 0.29) is 12.8 Å². The topological polar surface area (TPSA) is 37.3 Å². The SMILES string of the molecule is O=C1CCCC[C@@H]1[C@@](O)(C(F)(F)F)C(F)(F)Cl. The van der Waals surface area contributed by atoms with Gasteiger partial charge in [-0.15, -0.1) is 0 Å². The molecule has 2 nitrogen and oxygen atoms in total. The van der Waals surface area contributed by atoms with Gasteiger partial charge in [0.05, 0.1) is 5.92 Å². The zero-order valence-electron chi connectivity index (χ0n) is 8.53. The third-order valence-corrected chi connectivity index (χ3v) is 3.21. The number of alkyl halides is 6. The van der Waals surface area contributed by atoms with Gasteiger partial charge in [-0.1, -0.05) is 6.42 Å². The summed E-state index contributed by atoms with van der Waals surface area (Å²) >= 11 is 4.37. The molecule has 100 valence electrons. The minimum absolute atomic E-state index is 0.168. The van der Waals surface area contributed by atoms with Crippen LogP contribution in [-0.2, 0) is 4.79 Å². The van der Waals surface area contributed by atoms with E-state index >= 15 is 0 Å². The number of carbonyl (C=O) groups is 1. The second kappa shape index (κ2) is 4.35. The lowest BCUT2D eigenvalue weighted by Gasteiger charge is -2.40. The maximum Gasteiger partial charge on any atom is 0.425 e. The Hall–Kier alpha value is -0.430. The van der Waals surface area contributed by atoms with E-state index in [1.807, 2.05) is 0 Å². The number of hydrogen-bond acceptors (Lipinski definition) is 2. The second-order valence-electron chi connectivity index (χ2n) is 4.03. The van der Waals surface area contributed by atoms with Crippen LogP contribution in [0.3, 0.4) is 0 Å². The molecule has 0 aromatic rings. The van der Waals surface area contributed by atoms with Crippen LogP contribution >= 0.6 is 11.6 Å². The normalized spacial score (nSPS) is 26.8. The molecule has 1 fully saturated rings. The van der Waals surface area contributed by atoms with Crippen LogP contribution in [-0.4, -0.2) is 28.0 Å². The molecule has 0 aromatic heterocycles. The first-order valence-corrected chi connectivity index (χ1v) is 5.28. The number of halogens is 6. The summed E-state index contributed by atoms with van der Waals surface area (Å²) in [6.45, 7) is 0. The highest BCUT2D eigenvalue weighted by molar-refractivity contribution is 6.22. The fourth-order valence-corrected chi connectivity index (χ4v) is 2.22. The maximum atomic E-state index is 12.9. The molecule has 0 spiro atoms. The Labute approximate surface area is 98.7 Å². The Kier molecular flexibility index (Phi) is 3.74. The van der Waals surface area contributed by atoms with Crippen molar-refractivity contribution in [2.24, 2.45) is 5.92 Å². The maximum absolute atomic E-state index is 12.9. The molecule has 0 saturated heterocycles. The van der Waals surface area contributed by atoms with Crippen LogP contribution in [0.2, 0.25) is 0 Å². The van der Waals surface area contributed by atoms with Crippen molar-refractivity contribution in [1.29, 1.82) is 0 Å². The van der Waals surface area contributed by atoms with E-state index in [4.69, 9.17) is 0 Å². The van der Waals surface area contributed by atoms with Crippen LogP contribution in [0.4, 0.5) is 22.0 Å². The van der Waals surface area contributed by atoms with Gasteiger partial charge < -0.3 is 5.11 Å². The molecule has 0 amide bonds. The van der Waals surface area contributed by atoms with Gasteiger partial charge >= 0.3 is 11.6 Å². The van der Waals surface area contributed by atoms with Gasteiger partial charge in [0.2, 0.25) is 5.60 Å². The number of aliphatic hydroxyl groups is 1. The van der Waals surface area contributed by atoms with E-state index in [0.717, 1.165) is 0 Å². The van der Waals surface area contributed by atoms with E-state index in [0.29, 0.717) is 6.42 Å². The van der Waals surface area contributed by atoms with Gasteiger partial charge in [0, 0.05) is 6.42 Å². The average molecular weight is 281 g/mol. The fourth-order valence-electron chi connectivity index (χ4n) is 1.98. The van der Waals surface area contributed by atoms with Gasteiger partial charge in [0.1, 0.15) is 5.78 Å². The molecule has 0 radical (unpaired) electrons. The second-order valence-corrected chi connectivity index (χ2v) is 4.50. The van der Waals surface area contributed by atoms with E-state index < -0.39 is 35.3 Å². The Morgan fingerprint density at radius 2 is 1.71 bits per heavy atom. The Morgan fingerprint density at radius 3 is 2.06 bits per heavy atom. The minimum atomic E-state index is -5.67. The van der Waals surface area contributed by atoms with Crippen molar-refractivity contribution >= 4 is 17.4 Å². The summed E-state index contributed by atoms with van der Waals surface area (Å²) in [7, 11) is 0. The molecule has 0 bridgehead atoms. The van der Waals surface area contributed by atoms with Gasteiger partial charge in [0.25, 0.3) is 0 Å². The van der Waals surface area contributed by atoms with E-state index in [9.17, 15) is 31.9 Å². The fraction of sp³-hybridized carbons (Fsp3) is 0.889. The third kappa shape index (κ3) is 2.40. The Balaban J connectivity index is 3.20. The lowest BCUT2D eigenvalue weighted by Crippen LogP contribution is -2.63. The zero-order chi connectivity index (χ0) is 13.5. The molecule has 0 aromatic carbocycles. The van der Waals surface area contributed by atoms with Crippen molar-refractivity contribution in [3.05, 3.63) is 0 Å². The summed E-state index contributed by atoms with van der Waals surface area (Å²) in [5.41, 5.74) is -4.50. The van der Waals surface area contributed by atoms with Crippen molar-refractivity contribution in [3.63, 3.8) is 0 Å². The summed E-state index contributed by atoms with van der Waals surface area (Å²) in [6.07, 6.45) is -5.87. The molecule has 1 rings (SSSR count). The van der Waals surface area contributed by atoms with Crippen molar-refractivity contribution in [2.75, 3.05) is 0 Å². The average Bonchev–Trinajstić information content (AvgIpc) is 2.13. The standard InChI is InChI=1S/C9H10ClF5O2/c10-8(11,12)7(17,9(13,14)15)5-3-1-2-4-6(5)16/h5,17H,1-4H2/t5-,7-/m0/s1. The highest BCUT2D eigenvalue weighted by Crippen LogP contribution is 2.51. The quantitative estimate of drug-likeness (QED) is 0.624. The van der Waals surface area contributed by atoms with Crippen molar-refractivity contribution in [1.82, 2.24) is 0 Å². The largest absolute Gasteiger partial charge is 0.425 e. The van der Waals surface area contributed by atoms with Crippen molar-refractivity contribution < 1.29 is 31.9 Å². The molecule has 1 aliphatic carbocycles. The highest BCUT2D eigenvalue weighted by atomic mass is 35.5. The summed E-state index contributed by atoms with van der Waals surface area (Å²) in [5.74, 6) is -3.24. The van der Waals surface area contributed by atoms with Crippen LogP contribution in [0.25, 0.3) is 0 Å². The third-order valence-electron chi connectivity index (χ3n) is 2.92. The number of rotatable bonds is 2. The number of Topliss-reactive ketones (excluding diaryl/α,β-unsaturated/α-hetero) is 1. The molecule has 0 heterocycles. The summed E-state index contributed by atoms with van der Waals surface area (Å²) in [6, 6.07) is 0. The number of carbonyl (C=O) groups excluding carboxylic acids is 1. The van der Waals surface area contributed by atoms with Crippen LogP contribution in [0.1, 0.15) is 25.7 Å². The molecule has 1 N–H and O–H groups in total. The first kappa shape index (κ1) is 14.6. The number of hydrogen-bond donors (Lipinski definition) is 1. The minimum Gasteiger partial charge on any atom is -0.374 e. The van der Waals surface area contributed by atoms with Gasteiger partial charge in [-0.25, -0.2) is 0 Å². The highest BCUT2D eigenvalue weighted by Gasteiger charge is 2.73. The molecule has 1 aliphatic rings. The molecule has 17 heavy (non-hydrogen) atoms. The molecular weight excluding hydrogens is 271 g/mol. The Morgan fingerprint density at radius 1 is 1.18 bits per heavy atom. The smallest absolute Gasteiger partial charge is 0.374 e. The first-order chi connectivity index (χ1) is 7.52. The molecule has 1 saturated carbocycles. The molecule has 8 heteroatoms. The van der Waals surface area contributed by atoms with Gasteiger partial charge in [-0.2, -0.15) is 22.0 Å². The molecule has 0 unspecified atom stereocenters. The lowest BCUT2D eigenvalue weighted by atomic mass is 9.75. The monoisotopic (exact) mass is 280 g/mol. The van der Waals surface area contributed by atoms with E-state index in [2.05, 4.69) is 11.6 Å². The molecular formula is C9H10ClF5O2. The summed E-state index contributed by atoms with van der Waals surface area (Å²) in [5, 5.41) is 4.31. The van der Waals surface area contributed by atoms with Gasteiger partial charge in [-0.3, -0.25) is 4.79 Å². The molecule has 0 aliphatic heterocycles. The Bertz CT molecular complexity index is 295. The van der Waals surface area contributed by atoms with Gasteiger partial charge in [0.15, 0.2) is 0 Å². The molecule has 2 atom stereocenters. The van der Waals surface area contributed by atoms with Crippen molar-refractivity contribution in [2.45, 2.75) is 42.8 Å². The van der Waals surface area contributed by atoms with Crippen molar-refractivity contribution in [3.8, 4) is 0 Å². The van der Waals surface area contributed by atoms with Crippen LogP contribution in [0, 0.1) is 5.92 Å². The first-order valence-electron chi connectivity index (χ1n) is 4.90. The summed E-state index contributed by atoms with van der Waals surface area (Å²) in [4.78, 5) is 11.3. The zero-order valence-corrected chi connectivity index (χ0v) is 9.28. The van der Waals surface area contributed by atoms with Crippen LogP contribution in [0.15, 0.2) is 0 Å². The van der Waals surface area contributed by atoms with E-state index in [1.165, 1.54) is 0 Å². The van der Waals surface area contributed by atoms with Crippen LogP contribution < -0.4 is 0 Å². The lowest BCUT2D eigenvalue weighted by molar-refractivity contribution is -0.326. The van der Waals surface area contributed by atoms with Crippen LogP contribution in [0.5, 0.6) is 0 Å².